The predicted octanol–water partition coefficient (Wildman–Crippen LogP) is 1.84. The highest BCUT2D eigenvalue weighted by Crippen LogP contribution is 2.27. The van der Waals surface area contributed by atoms with Crippen molar-refractivity contribution < 1.29 is 22.8 Å². The lowest BCUT2D eigenvalue weighted by molar-refractivity contribution is -0.123. The number of carbonyl (C=O) groups excluding carboxylic acids is 3. The molecule has 168 valence electrons. The summed E-state index contributed by atoms with van der Waals surface area (Å²) < 4.78 is 27.2. The Morgan fingerprint density at radius 2 is 1.50 bits per heavy atom. The molecule has 2 aliphatic heterocycles. The van der Waals surface area contributed by atoms with Gasteiger partial charge in [-0.1, -0.05) is 17.7 Å². The van der Waals surface area contributed by atoms with Crippen molar-refractivity contribution >= 4 is 33.3 Å². The molecular formula is C23H25N3O5S. The van der Waals surface area contributed by atoms with Gasteiger partial charge >= 0.3 is 0 Å². The normalized spacial score (nSPS) is 20.7. The minimum Gasteiger partial charge on any atom is -0.295 e. The van der Waals surface area contributed by atoms with E-state index < -0.39 is 16.1 Å². The highest BCUT2D eigenvalue weighted by atomic mass is 32.2. The second kappa shape index (κ2) is 8.57. The number of Topliss-reactive ketones (excluding diaryl/α,β-unsaturated/α-hetero) is 1. The van der Waals surface area contributed by atoms with Gasteiger partial charge in [0.1, 0.15) is 0 Å². The Balaban J connectivity index is 1.44. The maximum absolute atomic E-state index is 13.0. The van der Waals surface area contributed by atoms with Crippen LogP contribution in [0.1, 0.15) is 29.3 Å². The molecule has 8 nitrogen and oxygen atoms in total. The lowest BCUT2D eigenvalue weighted by Crippen LogP contribution is -2.53. The summed E-state index contributed by atoms with van der Waals surface area (Å²) in [4.78, 5) is 40.4. The number of anilines is 1. The fourth-order valence-corrected chi connectivity index (χ4v) is 5.55. The van der Waals surface area contributed by atoms with Gasteiger partial charge in [0.05, 0.1) is 23.0 Å². The molecule has 2 heterocycles. The summed E-state index contributed by atoms with van der Waals surface area (Å²) >= 11 is 0. The van der Waals surface area contributed by atoms with Crippen LogP contribution < -0.4 is 4.90 Å². The molecule has 2 aromatic rings. The second-order valence-electron chi connectivity index (χ2n) is 8.14. The predicted molar refractivity (Wildman–Crippen MR) is 119 cm³/mol. The number of piperazine rings is 1. The zero-order chi connectivity index (χ0) is 23.0. The van der Waals surface area contributed by atoms with Crippen LogP contribution in [0, 0.1) is 6.92 Å². The molecule has 0 saturated carbocycles. The Morgan fingerprint density at radius 1 is 0.906 bits per heavy atom. The van der Waals surface area contributed by atoms with Crippen molar-refractivity contribution in [2.45, 2.75) is 31.2 Å². The average Bonchev–Trinajstić information content (AvgIpc) is 3.08. The van der Waals surface area contributed by atoms with Crippen LogP contribution in [0.3, 0.4) is 0 Å². The van der Waals surface area contributed by atoms with Gasteiger partial charge in [-0.15, -0.1) is 0 Å². The van der Waals surface area contributed by atoms with Gasteiger partial charge in [0.15, 0.2) is 5.78 Å². The van der Waals surface area contributed by atoms with Crippen LogP contribution in [0.2, 0.25) is 0 Å². The number of ketones is 1. The lowest BCUT2D eigenvalue weighted by atomic mass is 10.1. The molecule has 2 aliphatic rings. The number of hydrogen-bond acceptors (Lipinski definition) is 6. The Bertz CT molecular complexity index is 1150. The van der Waals surface area contributed by atoms with E-state index in [0.717, 1.165) is 10.5 Å². The molecule has 0 aromatic heterocycles. The number of imide groups is 1. The van der Waals surface area contributed by atoms with Crippen LogP contribution in [-0.2, 0) is 19.6 Å². The third-order valence-electron chi connectivity index (χ3n) is 6.03. The van der Waals surface area contributed by atoms with E-state index in [-0.39, 0.29) is 42.0 Å². The maximum Gasteiger partial charge on any atom is 0.251 e. The number of aryl methyl sites for hydroxylation is 1. The van der Waals surface area contributed by atoms with Crippen molar-refractivity contribution in [2.75, 3.05) is 31.1 Å². The van der Waals surface area contributed by atoms with E-state index in [0.29, 0.717) is 24.3 Å². The van der Waals surface area contributed by atoms with Gasteiger partial charge in [-0.2, -0.15) is 4.31 Å². The molecule has 4 rings (SSSR count). The Morgan fingerprint density at radius 3 is 2.06 bits per heavy atom. The van der Waals surface area contributed by atoms with Crippen LogP contribution in [0.4, 0.5) is 5.69 Å². The molecular weight excluding hydrogens is 430 g/mol. The third kappa shape index (κ3) is 4.11. The van der Waals surface area contributed by atoms with E-state index >= 15 is 0 Å². The summed E-state index contributed by atoms with van der Waals surface area (Å²) in [5.41, 5.74) is 1.93. The Hall–Kier alpha value is -2.88. The minimum absolute atomic E-state index is 0.0536. The number of benzene rings is 2. The quantitative estimate of drug-likeness (QED) is 0.504. The van der Waals surface area contributed by atoms with Crippen LogP contribution in [0.25, 0.3) is 0 Å². The van der Waals surface area contributed by atoms with Crippen molar-refractivity contribution in [3.05, 3.63) is 59.7 Å². The Kier molecular flexibility index (Phi) is 5.98. The zero-order valence-corrected chi connectivity index (χ0v) is 18.8. The summed E-state index contributed by atoms with van der Waals surface area (Å²) in [6.07, 6.45) is 0.0536. The number of hydrogen-bond donors (Lipinski definition) is 0. The summed E-state index contributed by atoms with van der Waals surface area (Å²) in [6, 6.07) is 12.5. The SMILES string of the molecule is CC(=O)c1ccc(N2C(=O)C[C@H](N3CCN(S(=O)(=O)c4ccc(C)cc4)CC3)C2=O)cc1. The number of sulfonamides is 1. The lowest BCUT2D eigenvalue weighted by Gasteiger charge is -2.36. The summed E-state index contributed by atoms with van der Waals surface area (Å²) in [5, 5.41) is 0. The molecule has 0 unspecified atom stereocenters. The highest BCUT2D eigenvalue weighted by molar-refractivity contribution is 7.89. The fourth-order valence-electron chi connectivity index (χ4n) is 4.13. The first-order valence-electron chi connectivity index (χ1n) is 10.5. The largest absolute Gasteiger partial charge is 0.295 e. The first kappa shape index (κ1) is 22.3. The van der Waals surface area contributed by atoms with Crippen molar-refractivity contribution in [3.8, 4) is 0 Å². The van der Waals surface area contributed by atoms with Gasteiger partial charge in [-0.3, -0.25) is 19.3 Å². The number of amides is 2. The maximum atomic E-state index is 13.0. The summed E-state index contributed by atoms with van der Waals surface area (Å²) in [7, 11) is -3.60. The van der Waals surface area contributed by atoms with Gasteiger partial charge in [-0.25, -0.2) is 13.3 Å². The molecule has 0 radical (unpaired) electrons. The molecule has 0 N–H and O–H groups in total. The second-order valence-corrected chi connectivity index (χ2v) is 10.1. The molecule has 2 amide bonds. The molecule has 32 heavy (non-hydrogen) atoms. The van der Waals surface area contributed by atoms with Crippen molar-refractivity contribution in [2.24, 2.45) is 0 Å². The van der Waals surface area contributed by atoms with Crippen molar-refractivity contribution in [1.29, 1.82) is 0 Å². The van der Waals surface area contributed by atoms with E-state index in [2.05, 4.69) is 0 Å². The van der Waals surface area contributed by atoms with Crippen molar-refractivity contribution in [3.63, 3.8) is 0 Å². The van der Waals surface area contributed by atoms with Gasteiger partial charge in [0, 0.05) is 31.7 Å². The zero-order valence-electron chi connectivity index (χ0n) is 18.0. The van der Waals surface area contributed by atoms with E-state index in [1.165, 1.54) is 11.2 Å². The van der Waals surface area contributed by atoms with E-state index in [9.17, 15) is 22.8 Å². The molecule has 9 heteroatoms. The number of rotatable bonds is 5. The first-order valence-corrected chi connectivity index (χ1v) is 11.9. The number of carbonyl (C=O) groups is 3. The van der Waals surface area contributed by atoms with E-state index in [1.807, 2.05) is 11.8 Å². The molecule has 0 aliphatic carbocycles. The summed E-state index contributed by atoms with van der Waals surface area (Å²) in [5.74, 6) is -0.710. The van der Waals surface area contributed by atoms with Gasteiger partial charge in [-0.05, 0) is 50.2 Å². The van der Waals surface area contributed by atoms with Crippen LogP contribution in [0.5, 0.6) is 0 Å². The fraction of sp³-hybridized carbons (Fsp3) is 0.348. The van der Waals surface area contributed by atoms with Crippen molar-refractivity contribution in [1.82, 2.24) is 9.21 Å². The average molecular weight is 456 g/mol. The van der Waals surface area contributed by atoms with Crippen LogP contribution in [-0.4, -0.2) is 67.4 Å². The molecule has 2 saturated heterocycles. The summed E-state index contributed by atoms with van der Waals surface area (Å²) in [6.45, 7) is 4.59. The molecule has 0 spiro atoms. The van der Waals surface area contributed by atoms with Crippen LogP contribution >= 0.6 is 0 Å². The molecule has 0 bridgehead atoms. The monoisotopic (exact) mass is 455 g/mol. The molecule has 2 aromatic carbocycles. The van der Waals surface area contributed by atoms with Gasteiger partial charge in [0.2, 0.25) is 15.9 Å². The topological polar surface area (TPSA) is 95.1 Å². The van der Waals surface area contributed by atoms with Gasteiger partial charge < -0.3 is 0 Å². The van der Waals surface area contributed by atoms with E-state index in [1.54, 1.807) is 48.5 Å². The third-order valence-corrected chi connectivity index (χ3v) is 7.94. The molecule has 1 atom stereocenters. The first-order chi connectivity index (χ1) is 15.2. The Labute approximate surface area is 187 Å². The van der Waals surface area contributed by atoms with E-state index in [4.69, 9.17) is 0 Å². The smallest absolute Gasteiger partial charge is 0.251 e. The minimum atomic E-state index is -3.60. The number of nitrogens with zero attached hydrogens (tertiary/aromatic N) is 3. The standard InChI is InChI=1S/C23H25N3O5S/c1-16-3-9-20(10-4-16)32(30,31)25-13-11-24(12-14-25)21-15-22(28)26(23(21)29)19-7-5-18(6-8-19)17(2)27/h3-10,21H,11-15H2,1-2H3/t21-/m0/s1. The molecule has 2 fully saturated rings. The van der Waals surface area contributed by atoms with Crippen LogP contribution in [0.15, 0.2) is 53.4 Å². The van der Waals surface area contributed by atoms with Gasteiger partial charge in [0.25, 0.3) is 5.91 Å². The highest BCUT2D eigenvalue weighted by Gasteiger charge is 2.44.